The van der Waals surface area contributed by atoms with Crippen molar-refractivity contribution in [1.29, 1.82) is 0 Å². The van der Waals surface area contributed by atoms with Gasteiger partial charge < -0.3 is 15.4 Å². The van der Waals surface area contributed by atoms with Gasteiger partial charge in [-0.05, 0) is 31.7 Å². The van der Waals surface area contributed by atoms with Gasteiger partial charge in [-0.1, -0.05) is 24.6 Å². The first-order valence-corrected chi connectivity index (χ1v) is 7.88. The maximum atomic E-state index is 12.8. The molecular weight excluding hydrogens is 264 g/mol. The molecule has 0 aromatic heterocycles. The van der Waals surface area contributed by atoms with Crippen LogP contribution in [0.25, 0.3) is 0 Å². The quantitative estimate of drug-likeness (QED) is 0.904. The van der Waals surface area contributed by atoms with E-state index in [9.17, 15) is 4.79 Å². The SMILES string of the molecule is COc1ccccc1CN(C(=O)C1CCCC1N)C1CC1. The first-order chi connectivity index (χ1) is 10.2. The number of amides is 1. The number of carbonyl (C=O) groups is 1. The maximum Gasteiger partial charge on any atom is 0.227 e. The number of benzene rings is 1. The predicted octanol–water partition coefficient (Wildman–Crippen LogP) is 2.31. The Morgan fingerprint density at radius 3 is 2.67 bits per heavy atom. The van der Waals surface area contributed by atoms with Crippen molar-refractivity contribution in [3.05, 3.63) is 29.8 Å². The minimum absolute atomic E-state index is 0.0142. The molecule has 0 bridgehead atoms. The number of carbonyl (C=O) groups excluding carboxylic acids is 1. The maximum absolute atomic E-state index is 12.8. The van der Waals surface area contributed by atoms with Gasteiger partial charge in [0.05, 0.1) is 13.0 Å². The lowest BCUT2D eigenvalue weighted by Gasteiger charge is -2.28. The van der Waals surface area contributed by atoms with Crippen molar-refractivity contribution < 1.29 is 9.53 Å². The van der Waals surface area contributed by atoms with Crippen LogP contribution in [-0.2, 0) is 11.3 Å². The third-order valence-electron chi connectivity index (χ3n) is 4.69. The van der Waals surface area contributed by atoms with Gasteiger partial charge in [0.25, 0.3) is 0 Å². The second-order valence-corrected chi connectivity index (χ2v) is 6.21. The van der Waals surface area contributed by atoms with Crippen LogP contribution in [0.3, 0.4) is 0 Å². The molecule has 4 nitrogen and oxygen atoms in total. The summed E-state index contributed by atoms with van der Waals surface area (Å²) in [5.74, 6) is 1.11. The molecule has 2 aliphatic carbocycles. The summed E-state index contributed by atoms with van der Waals surface area (Å²) in [5.41, 5.74) is 7.19. The molecule has 2 aliphatic rings. The standard InChI is InChI=1S/C17H24N2O2/c1-21-16-8-3-2-5-12(16)11-19(13-9-10-13)17(20)14-6-4-7-15(14)18/h2-3,5,8,13-15H,4,6-7,9-11,18H2,1H3. The zero-order valence-corrected chi connectivity index (χ0v) is 12.6. The van der Waals surface area contributed by atoms with E-state index in [2.05, 4.69) is 0 Å². The van der Waals surface area contributed by atoms with Crippen molar-refractivity contribution in [3.63, 3.8) is 0 Å². The highest BCUT2D eigenvalue weighted by molar-refractivity contribution is 5.80. The summed E-state index contributed by atoms with van der Waals surface area (Å²) in [7, 11) is 1.68. The Morgan fingerprint density at radius 1 is 1.29 bits per heavy atom. The molecule has 0 heterocycles. The third kappa shape index (κ3) is 3.05. The number of hydrogen-bond acceptors (Lipinski definition) is 3. The van der Waals surface area contributed by atoms with E-state index in [-0.39, 0.29) is 17.9 Å². The summed E-state index contributed by atoms with van der Waals surface area (Å²) in [6.45, 7) is 0.636. The zero-order valence-electron chi connectivity index (χ0n) is 12.6. The third-order valence-corrected chi connectivity index (χ3v) is 4.69. The average Bonchev–Trinajstić information content (AvgIpc) is 3.25. The molecular formula is C17H24N2O2. The molecule has 2 atom stereocenters. The van der Waals surface area contributed by atoms with Crippen LogP contribution in [0, 0.1) is 5.92 Å². The molecule has 21 heavy (non-hydrogen) atoms. The molecule has 2 fully saturated rings. The molecule has 0 spiro atoms. The molecule has 2 N–H and O–H groups in total. The lowest BCUT2D eigenvalue weighted by Crippen LogP contribution is -2.42. The van der Waals surface area contributed by atoms with E-state index >= 15 is 0 Å². The number of ether oxygens (including phenoxy) is 1. The van der Waals surface area contributed by atoms with E-state index in [0.717, 1.165) is 43.4 Å². The minimum atomic E-state index is 0.0142. The van der Waals surface area contributed by atoms with Gasteiger partial charge in [0, 0.05) is 24.2 Å². The fourth-order valence-electron chi connectivity index (χ4n) is 3.30. The van der Waals surface area contributed by atoms with Gasteiger partial charge >= 0.3 is 0 Å². The molecule has 2 unspecified atom stereocenters. The van der Waals surface area contributed by atoms with Gasteiger partial charge in [0.15, 0.2) is 0 Å². The summed E-state index contributed by atoms with van der Waals surface area (Å²) in [4.78, 5) is 14.9. The summed E-state index contributed by atoms with van der Waals surface area (Å²) in [6, 6.07) is 8.38. The van der Waals surface area contributed by atoms with Crippen molar-refractivity contribution in [2.75, 3.05) is 7.11 Å². The molecule has 1 aromatic carbocycles. The number of nitrogens with two attached hydrogens (primary N) is 1. The predicted molar refractivity (Wildman–Crippen MR) is 81.9 cm³/mol. The van der Waals surface area contributed by atoms with Crippen molar-refractivity contribution in [2.24, 2.45) is 11.7 Å². The van der Waals surface area contributed by atoms with E-state index in [4.69, 9.17) is 10.5 Å². The second-order valence-electron chi connectivity index (χ2n) is 6.21. The Bertz CT molecular complexity index is 513. The van der Waals surface area contributed by atoms with Gasteiger partial charge in [-0.15, -0.1) is 0 Å². The van der Waals surface area contributed by atoms with Gasteiger partial charge in [0.2, 0.25) is 5.91 Å². The average molecular weight is 288 g/mol. The van der Waals surface area contributed by atoms with Gasteiger partial charge in [-0.25, -0.2) is 0 Å². The minimum Gasteiger partial charge on any atom is -0.496 e. The van der Waals surface area contributed by atoms with Crippen LogP contribution >= 0.6 is 0 Å². The van der Waals surface area contributed by atoms with Gasteiger partial charge in [-0.2, -0.15) is 0 Å². The number of methoxy groups -OCH3 is 1. The highest BCUT2D eigenvalue weighted by Crippen LogP contribution is 2.34. The van der Waals surface area contributed by atoms with Crippen LogP contribution in [0.5, 0.6) is 5.75 Å². The Kier molecular flexibility index (Phi) is 4.15. The van der Waals surface area contributed by atoms with Crippen LogP contribution < -0.4 is 10.5 Å². The smallest absolute Gasteiger partial charge is 0.227 e. The summed E-state index contributed by atoms with van der Waals surface area (Å²) in [6.07, 6.45) is 5.22. The Balaban J connectivity index is 1.77. The van der Waals surface area contributed by atoms with Crippen LogP contribution in [-0.4, -0.2) is 30.0 Å². The van der Waals surface area contributed by atoms with E-state index in [1.54, 1.807) is 7.11 Å². The van der Waals surface area contributed by atoms with Gasteiger partial charge in [0.1, 0.15) is 5.75 Å². The lowest BCUT2D eigenvalue weighted by atomic mass is 10.0. The summed E-state index contributed by atoms with van der Waals surface area (Å²) in [5, 5.41) is 0. The first-order valence-electron chi connectivity index (χ1n) is 7.88. The van der Waals surface area contributed by atoms with Crippen LogP contribution in [0.1, 0.15) is 37.7 Å². The Morgan fingerprint density at radius 2 is 2.05 bits per heavy atom. The van der Waals surface area contributed by atoms with Crippen molar-refractivity contribution in [3.8, 4) is 5.75 Å². The van der Waals surface area contributed by atoms with Gasteiger partial charge in [-0.3, -0.25) is 4.79 Å². The fourth-order valence-corrected chi connectivity index (χ4v) is 3.30. The van der Waals surface area contributed by atoms with E-state index in [0.29, 0.717) is 12.6 Å². The molecule has 114 valence electrons. The lowest BCUT2D eigenvalue weighted by molar-refractivity contribution is -0.137. The Hall–Kier alpha value is -1.55. The summed E-state index contributed by atoms with van der Waals surface area (Å²) >= 11 is 0. The molecule has 0 saturated heterocycles. The molecule has 1 aromatic rings. The van der Waals surface area contributed by atoms with Crippen LogP contribution in [0.2, 0.25) is 0 Å². The van der Waals surface area contributed by atoms with E-state index in [1.165, 1.54) is 0 Å². The number of para-hydroxylation sites is 1. The second kappa shape index (κ2) is 6.06. The monoisotopic (exact) mass is 288 g/mol. The van der Waals surface area contributed by atoms with Crippen LogP contribution in [0.4, 0.5) is 0 Å². The molecule has 3 rings (SSSR count). The highest BCUT2D eigenvalue weighted by Gasteiger charge is 2.39. The van der Waals surface area contributed by atoms with Crippen molar-refractivity contribution >= 4 is 5.91 Å². The number of nitrogens with zero attached hydrogens (tertiary/aromatic N) is 1. The summed E-state index contributed by atoms with van der Waals surface area (Å²) < 4.78 is 5.41. The largest absolute Gasteiger partial charge is 0.496 e. The van der Waals surface area contributed by atoms with Crippen molar-refractivity contribution in [1.82, 2.24) is 4.90 Å². The number of rotatable bonds is 5. The Labute approximate surface area is 126 Å². The molecule has 0 radical (unpaired) electrons. The topological polar surface area (TPSA) is 55.6 Å². The molecule has 1 amide bonds. The van der Waals surface area contributed by atoms with E-state index in [1.807, 2.05) is 29.2 Å². The number of hydrogen-bond donors (Lipinski definition) is 1. The highest BCUT2D eigenvalue weighted by atomic mass is 16.5. The normalized spacial score (nSPS) is 24.9. The molecule has 0 aliphatic heterocycles. The zero-order chi connectivity index (χ0) is 14.8. The fraction of sp³-hybridized carbons (Fsp3) is 0.588. The van der Waals surface area contributed by atoms with Crippen molar-refractivity contribution in [2.45, 2.75) is 50.7 Å². The van der Waals surface area contributed by atoms with Crippen LogP contribution in [0.15, 0.2) is 24.3 Å². The molecule has 2 saturated carbocycles. The molecule has 4 heteroatoms. The first kappa shape index (κ1) is 14.4. The van der Waals surface area contributed by atoms with E-state index < -0.39 is 0 Å².